The molecule has 1 heterocycles. The number of rotatable bonds is 3. The molecule has 1 saturated heterocycles. The summed E-state index contributed by atoms with van der Waals surface area (Å²) in [5.41, 5.74) is 6.94. The molecule has 0 aromatic heterocycles. The molecule has 20 heavy (non-hydrogen) atoms. The maximum atomic E-state index is 13.7. The Labute approximate surface area is 126 Å². The molecule has 1 aromatic rings. The van der Waals surface area contributed by atoms with Gasteiger partial charge in [0.2, 0.25) is 0 Å². The second-order valence-corrected chi connectivity index (χ2v) is 6.41. The number of likely N-dealkylation sites (tertiary alicyclic amines) is 1. The second-order valence-electron chi connectivity index (χ2n) is 5.97. The Morgan fingerprint density at radius 2 is 2.10 bits per heavy atom. The first-order valence-electron chi connectivity index (χ1n) is 7.44. The lowest BCUT2D eigenvalue weighted by Gasteiger charge is -2.38. The van der Waals surface area contributed by atoms with E-state index in [-0.39, 0.29) is 11.9 Å². The number of nitrogens with two attached hydrogens (primary N) is 1. The van der Waals surface area contributed by atoms with Gasteiger partial charge in [0.15, 0.2) is 0 Å². The third-order valence-electron chi connectivity index (χ3n) is 4.24. The molecule has 2 unspecified atom stereocenters. The van der Waals surface area contributed by atoms with Crippen LogP contribution in [-0.4, -0.2) is 24.0 Å². The number of hydrogen-bond donors (Lipinski definition) is 1. The van der Waals surface area contributed by atoms with E-state index in [4.69, 9.17) is 17.3 Å². The Bertz CT molecular complexity index is 430. The van der Waals surface area contributed by atoms with Crippen LogP contribution in [0.4, 0.5) is 4.39 Å². The lowest BCUT2D eigenvalue weighted by Crippen LogP contribution is -2.40. The van der Waals surface area contributed by atoms with Gasteiger partial charge in [-0.3, -0.25) is 4.90 Å². The molecule has 1 fully saturated rings. The van der Waals surface area contributed by atoms with Crippen molar-refractivity contribution in [1.82, 2.24) is 4.90 Å². The zero-order valence-corrected chi connectivity index (χ0v) is 13.0. The van der Waals surface area contributed by atoms with Crippen LogP contribution in [0.25, 0.3) is 0 Å². The van der Waals surface area contributed by atoms with Gasteiger partial charge >= 0.3 is 0 Å². The van der Waals surface area contributed by atoms with Crippen molar-refractivity contribution < 1.29 is 4.39 Å². The fourth-order valence-electron chi connectivity index (χ4n) is 3.30. The van der Waals surface area contributed by atoms with Crippen molar-refractivity contribution in [2.75, 3.05) is 13.1 Å². The highest BCUT2D eigenvalue weighted by Crippen LogP contribution is 2.37. The minimum Gasteiger partial charge on any atom is -0.330 e. The molecule has 4 heteroatoms. The SMILES string of the molecule is CC(C)N1CCCCC(CN)C1c1cc(F)cc(Cl)c1. The van der Waals surface area contributed by atoms with Crippen LogP contribution in [0.15, 0.2) is 18.2 Å². The van der Waals surface area contributed by atoms with Crippen LogP contribution in [0.3, 0.4) is 0 Å². The molecule has 0 spiro atoms. The summed E-state index contributed by atoms with van der Waals surface area (Å²) in [5, 5.41) is 0.462. The lowest BCUT2D eigenvalue weighted by molar-refractivity contribution is 0.121. The maximum Gasteiger partial charge on any atom is 0.125 e. The summed E-state index contributed by atoms with van der Waals surface area (Å²) in [6.07, 6.45) is 3.46. The molecule has 2 atom stereocenters. The molecular weight excluding hydrogens is 275 g/mol. The predicted octanol–water partition coefficient (Wildman–Crippen LogP) is 3.99. The van der Waals surface area contributed by atoms with Gasteiger partial charge in [-0.15, -0.1) is 0 Å². The molecule has 0 saturated carbocycles. The molecule has 2 nitrogen and oxygen atoms in total. The molecule has 0 radical (unpaired) electrons. The molecule has 1 aliphatic heterocycles. The van der Waals surface area contributed by atoms with Gasteiger partial charge in [-0.1, -0.05) is 18.0 Å². The third kappa shape index (κ3) is 3.51. The fourth-order valence-corrected chi connectivity index (χ4v) is 3.53. The van der Waals surface area contributed by atoms with Crippen molar-refractivity contribution in [3.63, 3.8) is 0 Å². The number of hydrogen-bond acceptors (Lipinski definition) is 2. The van der Waals surface area contributed by atoms with Gasteiger partial charge in [-0.2, -0.15) is 0 Å². The highest BCUT2D eigenvalue weighted by molar-refractivity contribution is 6.30. The zero-order valence-electron chi connectivity index (χ0n) is 12.3. The van der Waals surface area contributed by atoms with Crippen molar-refractivity contribution >= 4 is 11.6 Å². The van der Waals surface area contributed by atoms with E-state index in [1.54, 1.807) is 6.07 Å². The van der Waals surface area contributed by atoms with Crippen LogP contribution in [0.2, 0.25) is 5.02 Å². The highest BCUT2D eigenvalue weighted by atomic mass is 35.5. The lowest BCUT2D eigenvalue weighted by atomic mass is 9.88. The Kier molecular flexibility index (Phi) is 5.42. The van der Waals surface area contributed by atoms with Crippen LogP contribution in [0.5, 0.6) is 0 Å². The highest BCUT2D eigenvalue weighted by Gasteiger charge is 2.32. The smallest absolute Gasteiger partial charge is 0.125 e. The van der Waals surface area contributed by atoms with Gasteiger partial charge in [0.05, 0.1) is 0 Å². The number of nitrogens with zero attached hydrogens (tertiary/aromatic N) is 1. The van der Waals surface area contributed by atoms with Gasteiger partial charge < -0.3 is 5.73 Å². The normalized spacial score (nSPS) is 24.9. The Hall–Kier alpha value is -0.640. The van der Waals surface area contributed by atoms with Crippen molar-refractivity contribution in [2.24, 2.45) is 11.7 Å². The van der Waals surface area contributed by atoms with Gasteiger partial charge in [0, 0.05) is 17.1 Å². The average Bonchev–Trinajstić information content (AvgIpc) is 2.59. The average molecular weight is 299 g/mol. The predicted molar refractivity (Wildman–Crippen MR) is 82.4 cm³/mol. The van der Waals surface area contributed by atoms with Crippen LogP contribution < -0.4 is 5.73 Å². The largest absolute Gasteiger partial charge is 0.330 e. The van der Waals surface area contributed by atoms with E-state index in [1.807, 2.05) is 6.07 Å². The summed E-state index contributed by atoms with van der Waals surface area (Å²) in [4.78, 5) is 2.44. The molecule has 0 bridgehead atoms. The summed E-state index contributed by atoms with van der Waals surface area (Å²) < 4.78 is 13.7. The summed E-state index contributed by atoms with van der Waals surface area (Å²) in [7, 11) is 0. The topological polar surface area (TPSA) is 29.3 Å². The number of benzene rings is 1. The van der Waals surface area contributed by atoms with Crippen molar-refractivity contribution in [3.8, 4) is 0 Å². The minimum atomic E-state index is -0.267. The standard InChI is InChI=1S/C16H24ClFN2/c1-11(2)20-6-4-3-5-12(10-19)16(20)13-7-14(17)9-15(18)8-13/h7-9,11-12,16H,3-6,10,19H2,1-2H3. The molecule has 2 N–H and O–H groups in total. The van der Waals surface area contributed by atoms with E-state index in [0.717, 1.165) is 18.5 Å². The Morgan fingerprint density at radius 1 is 1.35 bits per heavy atom. The number of halogens is 2. The summed E-state index contributed by atoms with van der Waals surface area (Å²) in [6.45, 7) is 6.04. The van der Waals surface area contributed by atoms with Gasteiger partial charge in [-0.05, 0) is 69.5 Å². The molecule has 1 aromatic carbocycles. The first-order valence-corrected chi connectivity index (χ1v) is 7.82. The van der Waals surface area contributed by atoms with Gasteiger partial charge in [0.1, 0.15) is 5.82 Å². The molecule has 2 rings (SSSR count). The first-order chi connectivity index (χ1) is 9.52. The van der Waals surface area contributed by atoms with Crippen LogP contribution in [-0.2, 0) is 0 Å². The molecule has 0 aliphatic carbocycles. The van der Waals surface area contributed by atoms with E-state index in [1.165, 1.54) is 18.9 Å². The van der Waals surface area contributed by atoms with E-state index >= 15 is 0 Å². The monoisotopic (exact) mass is 298 g/mol. The van der Waals surface area contributed by atoms with Crippen LogP contribution in [0, 0.1) is 11.7 Å². The van der Waals surface area contributed by atoms with E-state index in [2.05, 4.69) is 18.7 Å². The van der Waals surface area contributed by atoms with Crippen molar-refractivity contribution in [1.29, 1.82) is 0 Å². The zero-order chi connectivity index (χ0) is 14.7. The maximum absolute atomic E-state index is 13.7. The second kappa shape index (κ2) is 6.88. The van der Waals surface area contributed by atoms with Gasteiger partial charge in [-0.25, -0.2) is 4.39 Å². The minimum absolute atomic E-state index is 0.163. The first kappa shape index (κ1) is 15.7. The molecule has 112 valence electrons. The quantitative estimate of drug-likeness (QED) is 0.914. The third-order valence-corrected chi connectivity index (χ3v) is 4.46. The summed E-state index contributed by atoms with van der Waals surface area (Å²) >= 11 is 6.04. The summed E-state index contributed by atoms with van der Waals surface area (Å²) in [5.74, 6) is 0.0917. The van der Waals surface area contributed by atoms with Crippen molar-refractivity contribution in [3.05, 3.63) is 34.6 Å². The van der Waals surface area contributed by atoms with Crippen LogP contribution >= 0.6 is 11.6 Å². The Morgan fingerprint density at radius 3 is 2.70 bits per heavy atom. The Balaban J connectivity index is 2.42. The summed E-state index contributed by atoms with van der Waals surface area (Å²) in [6, 6.07) is 5.43. The fraction of sp³-hybridized carbons (Fsp3) is 0.625. The van der Waals surface area contributed by atoms with Crippen LogP contribution in [0.1, 0.15) is 44.7 Å². The molecule has 1 aliphatic rings. The van der Waals surface area contributed by atoms with E-state index in [0.29, 0.717) is 23.5 Å². The van der Waals surface area contributed by atoms with Gasteiger partial charge in [0.25, 0.3) is 0 Å². The van der Waals surface area contributed by atoms with Crippen molar-refractivity contribution in [2.45, 2.75) is 45.2 Å². The molecule has 0 amide bonds. The molecular formula is C16H24ClFN2. The van der Waals surface area contributed by atoms with E-state index < -0.39 is 0 Å². The van der Waals surface area contributed by atoms with E-state index in [9.17, 15) is 4.39 Å².